The molecule has 0 spiro atoms. The lowest BCUT2D eigenvalue weighted by Gasteiger charge is -2.33. The highest BCUT2D eigenvalue weighted by Crippen LogP contribution is 2.31. The van der Waals surface area contributed by atoms with Crippen molar-refractivity contribution in [1.82, 2.24) is 10.6 Å². The second-order valence-electron chi connectivity index (χ2n) is 7.93. The van der Waals surface area contributed by atoms with E-state index in [0.717, 1.165) is 45.1 Å². The maximum absolute atomic E-state index is 6.25. The van der Waals surface area contributed by atoms with Crippen LogP contribution in [0.2, 0.25) is 0 Å². The number of halogens is 1. The first kappa shape index (κ1) is 20.9. The van der Waals surface area contributed by atoms with Crippen molar-refractivity contribution in [3.8, 4) is 5.75 Å². The summed E-state index contributed by atoms with van der Waals surface area (Å²) in [7, 11) is 0. The van der Waals surface area contributed by atoms with Gasteiger partial charge in [-0.3, -0.25) is 0 Å². The summed E-state index contributed by atoms with van der Waals surface area (Å²) in [6.45, 7) is 7.17. The van der Waals surface area contributed by atoms with Crippen LogP contribution in [-0.2, 0) is 16.0 Å². The molecule has 1 saturated carbocycles. The molecule has 27 heavy (non-hydrogen) atoms. The molecule has 1 aliphatic carbocycles. The van der Waals surface area contributed by atoms with E-state index in [1.54, 1.807) is 0 Å². The molecular weight excluding hydrogens is 364 g/mol. The molecule has 0 bridgehead atoms. The number of hydrogen-bond donors (Lipinski definition) is 2. The van der Waals surface area contributed by atoms with Crippen LogP contribution in [0, 0.1) is 12.8 Å². The number of aryl methyl sites for hydroxylation is 1. The molecule has 152 valence electrons. The molecule has 3 fully saturated rings. The van der Waals surface area contributed by atoms with Crippen LogP contribution in [0.1, 0.15) is 36.8 Å². The third kappa shape index (κ3) is 5.36. The number of hydrogen-bond acceptors (Lipinski definition) is 5. The summed E-state index contributed by atoms with van der Waals surface area (Å²) in [6, 6.07) is 7.60. The van der Waals surface area contributed by atoms with Gasteiger partial charge in [-0.25, -0.2) is 0 Å². The molecule has 4 atom stereocenters. The van der Waals surface area contributed by atoms with Crippen molar-refractivity contribution >= 4 is 12.4 Å². The first-order valence-corrected chi connectivity index (χ1v) is 10.2. The Morgan fingerprint density at radius 1 is 1.15 bits per heavy atom. The Kier molecular flexibility index (Phi) is 7.79. The highest BCUT2D eigenvalue weighted by molar-refractivity contribution is 5.85. The van der Waals surface area contributed by atoms with Gasteiger partial charge in [-0.15, -0.1) is 12.4 Å². The van der Waals surface area contributed by atoms with E-state index in [-0.39, 0.29) is 18.5 Å². The van der Waals surface area contributed by atoms with Gasteiger partial charge in [0.05, 0.1) is 26.4 Å². The molecular formula is C21H33ClN2O3. The first-order valence-electron chi connectivity index (χ1n) is 10.2. The van der Waals surface area contributed by atoms with Crippen molar-refractivity contribution < 1.29 is 14.2 Å². The van der Waals surface area contributed by atoms with Crippen LogP contribution in [0.3, 0.4) is 0 Å². The van der Waals surface area contributed by atoms with E-state index in [1.807, 2.05) is 0 Å². The van der Waals surface area contributed by atoms with Crippen molar-refractivity contribution in [1.29, 1.82) is 0 Å². The van der Waals surface area contributed by atoms with Crippen LogP contribution < -0.4 is 15.4 Å². The molecule has 4 rings (SSSR count). The van der Waals surface area contributed by atoms with Crippen LogP contribution in [0.5, 0.6) is 5.75 Å². The van der Waals surface area contributed by atoms with E-state index in [2.05, 4.69) is 35.8 Å². The number of benzene rings is 1. The lowest BCUT2D eigenvalue weighted by Crippen LogP contribution is -2.50. The van der Waals surface area contributed by atoms with Crippen molar-refractivity contribution in [2.45, 2.75) is 57.3 Å². The Bertz CT molecular complexity index is 589. The van der Waals surface area contributed by atoms with Crippen molar-refractivity contribution in [2.24, 2.45) is 5.92 Å². The maximum Gasteiger partial charge on any atom is 0.124 e. The van der Waals surface area contributed by atoms with Crippen LogP contribution in [0.25, 0.3) is 0 Å². The smallest absolute Gasteiger partial charge is 0.124 e. The number of morpholine rings is 1. The van der Waals surface area contributed by atoms with Gasteiger partial charge in [0.1, 0.15) is 11.9 Å². The Hall–Kier alpha value is -0.850. The van der Waals surface area contributed by atoms with Gasteiger partial charge in [0.15, 0.2) is 0 Å². The quantitative estimate of drug-likeness (QED) is 0.774. The van der Waals surface area contributed by atoms with Gasteiger partial charge in [0.25, 0.3) is 0 Å². The number of ether oxygens (including phenoxy) is 3. The predicted molar refractivity (Wildman–Crippen MR) is 109 cm³/mol. The molecule has 2 N–H and O–H groups in total. The molecule has 2 saturated heterocycles. The summed E-state index contributed by atoms with van der Waals surface area (Å²) in [4.78, 5) is 0. The molecule has 3 aliphatic rings. The summed E-state index contributed by atoms with van der Waals surface area (Å²) in [5.41, 5.74) is 2.49. The third-order valence-corrected chi connectivity index (χ3v) is 6.00. The van der Waals surface area contributed by atoms with Crippen LogP contribution in [0.15, 0.2) is 18.2 Å². The second kappa shape index (κ2) is 10.1. The Labute approximate surface area is 168 Å². The molecule has 0 amide bonds. The Balaban J connectivity index is 0.00000210. The van der Waals surface area contributed by atoms with Crippen molar-refractivity contribution in [2.75, 3.05) is 33.0 Å². The minimum absolute atomic E-state index is 0. The van der Waals surface area contributed by atoms with Crippen LogP contribution >= 0.6 is 12.4 Å². The van der Waals surface area contributed by atoms with E-state index in [1.165, 1.54) is 30.4 Å². The number of nitrogens with one attached hydrogen (secondary N) is 2. The lowest BCUT2D eigenvalue weighted by atomic mass is 9.94. The zero-order valence-corrected chi connectivity index (χ0v) is 17.1. The lowest BCUT2D eigenvalue weighted by molar-refractivity contribution is 0.0524. The fourth-order valence-electron chi connectivity index (χ4n) is 4.53. The summed E-state index contributed by atoms with van der Waals surface area (Å²) < 4.78 is 17.4. The Morgan fingerprint density at radius 2 is 2.04 bits per heavy atom. The van der Waals surface area contributed by atoms with Gasteiger partial charge >= 0.3 is 0 Å². The molecule has 1 aromatic rings. The van der Waals surface area contributed by atoms with Gasteiger partial charge in [0.2, 0.25) is 0 Å². The van der Waals surface area contributed by atoms with E-state index < -0.39 is 0 Å². The molecule has 5 nitrogen and oxygen atoms in total. The van der Waals surface area contributed by atoms with Crippen LogP contribution in [0.4, 0.5) is 0 Å². The van der Waals surface area contributed by atoms with Gasteiger partial charge in [0, 0.05) is 37.2 Å². The average Bonchev–Trinajstić information content (AvgIpc) is 3.33. The molecule has 2 heterocycles. The summed E-state index contributed by atoms with van der Waals surface area (Å²) in [6.07, 6.45) is 5.02. The summed E-state index contributed by atoms with van der Waals surface area (Å²) in [5.74, 6) is 1.68. The zero-order chi connectivity index (χ0) is 17.8. The molecule has 6 heteroatoms. The van der Waals surface area contributed by atoms with Crippen molar-refractivity contribution in [3.05, 3.63) is 29.3 Å². The van der Waals surface area contributed by atoms with Gasteiger partial charge < -0.3 is 24.8 Å². The SMILES string of the molecule is Cc1ccc(CNC2CCCC2C2COCCN2)c(OC2CCOC2)c1.Cl. The molecule has 0 aromatic heterocycles. The molecule has 4 unspecified atom stereocenters. The van der Waals surface area contributed by atoms with Crippen molar-refractivity contribution in [3.63, 3.8) is 0 Å². The fourth-order valence-corrected chi connectivity index (χ4v) is 4.53. The minimum Gasteiger partial charge on any atom is -0.488 e. The summed E-state index contributed by atoms with van der Waals surface area (Å²) >= 11 is 0. The fraction of sp³-hybridized carbons (Fsp3) is 0.714. The topological polar surface area (TPSA) is 51.8 Å². The number of rotatable bonds is 6. The standard InChI is InChI=1S/C21H32N2O3.ClH/c1-15-5-6-16(21(11-15)26-17-7-9-24-13-17)12-23-19-4-2-3-18(19)20-14-25-10-8-22-20;/h5-6,11,17-20,22-23H,2-4,7-10,12-14H2,1H3;1H. The summed E-state index contributed by atoms with van der Waals surface area (Å²) in [5, 5.41) is 7.48. The molecule has 1 aromatic carbocycles. The highest BCUT2D eigenvalue weighted by Gasteiger charge is 2.34. The molecule has 0 radical (unpaired) electrons. The zero-order valence-electron chi connectivity index (χ0n) is 16.2. The largest absolute Gasteiger partial charge is 0.488 e. The van der Waals surface area contributed by atoms with E-state index in [9.17, 15) is 0 Å². The second-order valence-corrected chi connectivity index (χ2v) is 7.93. The average molecular weight is 397 g/mol. The first-order chi connectivity index (χ1) is 12.8. The molecule has 2 aliphatic heterocycles. The third-order valence-electron chi connectivity index (χ3n) is 6.00. The monoisotopic (exact) mass is 396 g/mol. The Morgan fingerprint density at radius 3 is 2.81 bits per heavy atom. The van der Waals surface area contributed by atoms with E-state index >= 15 is 0 Å². The van der Waals surface area contributed by atoms with E-state index in [4.69, 9.17) is 14.2 Å². The van der Waals surface area contributed by atoms with Gasteiger partial charge in [-0.1, -0.05) is 18.6 Å². The highest BCUT2D eigenvalue weighted by atomic mass is 35.5. The van der Waals surface area contributed by atoms with Crippen LogP contribution in [-0.4, -0.2) is 51.2 Å². The van der Waals surface area contributed by atoms with Gasteiger partial charge in [-0.05, 0) is 37.3 Å². The van der Waals surface area contributed by atoms with E-state index in [0.29, 0.717) is 24.6 Å². The maximum atomic E-state index is 6.25. The van der Waals surface area contributed by atoms with Gasteiger partial charge in [-0.2, -0.15) is 0 Å². The normalized spacial score (nSPS) is 30.9. The minimum atomic E-state index is 0. The predicted octanol–water partition coefficient (Wildman–Crippen LogP) is 2.83.